The van der Waals surface area contributed by atoms with E-state index in [2.05, 4.69) is 11.9 Å². The van der Waals surface area contributed by atoms with E-state index in [4.69, 9.17) is 4.74 Å². The van der Waals surface area contributed by atoms with Crippen LogP contribution < -0.4 is 10.1 Å². The zero-order valence-corrected chi connectivity index (χ0v) is 11.7. The summed E-state index contributed by atoms with van der Waals surface area (Å²) in [7, 11) is 0. The van der Waals surface area contributed by atoms with E-state index in [0.717, 1.165) is 17.6 Å². The van der Waals surface area contributed by atoms with Gasteiger partial charge >= 0.3 is 5.69 Å². The molecule has 20 heavy (non-hydrogen) atoms. The number of nitrogens with zero attached hydrogens (tertiary/aromatic N) is 1. The summed E-state index contributed by atoms with van der Waals surface area (Å²) < 4.78 is 5.53. The molecule has 0 aliphatic heterocycles. The normalized spacial score (nSPS) is 14.1. The first-order chi connectivity index (χ1) is 9.60. The Morgan fingerprint density at radius 2 is 2.30 bits per heavy atom. The summed E-state index contributed by atoms with van der Waals surface area (Å²) in [4.78, 5) is 10.6. The first-order valence-corrected chi connectivity index (χ1v) is 6.90. The maximum Gasteiger partial charge on any atom is 0.311 e. The molecule has 0 radical (unpaired) electrons. The molecule has 0 saturated heterocycles. The number of rotatable bonds is 8. The van der Waals surface area contributed by atoms with Crippen LogP contribution in [0.3, 0.4) is 0 Å². The maximum absolute atomic E-state index is 11.0. The van der Waals surface area contributed by atoms with E-state index in [9.17, 15) is 10.1 Å². The Labute approximate surface area is 118 Å². The smallest absolute Gasteiger partial charge is 0.311 e. The fourth-order valence-electron chi connectivity index (χ4n) is 1.85. The first-order valence-electron chi connectivity index (χ1n) is 6.90. The number of nitrogens with one attached hydrogen (secondary N) is 1. The predicted octanol–water partition coefficient (Wildman–Crippen LogP) is 2.84. The van der Waals surface area contributed by atoms with Gasteiger partial charge in [-0.15, -0.1) is 0 Å². The first kappa shape index (κ1) is 14.5. The van der Waals surface area contributed by atoms with Crippen LogP contribution >= 0.6 is 0 Å². The minimum absolute atomic E-state index is 0.0207. The molecule has 0 unspecified atom stereocenters. The van der Waals surface area contributed by atoms with Crippen LogP contribution in [0.4, 0.5) is 5.69 Å². The molecule has 0 spiro atoms. The van der Waals surface area contributed by atoms with Gasteiger partial charge < -0.3 is 10.1 Å². The van der Waals surface area contributed by atoms with Crippen LogP contribution in [0.2, 0.25) is 0 Å². The lowest BCUT2D eigenvalue weighted by molar-refractivity contribution is -0.385. The van der Waals surface area contributed by atoms with Crippen molar-refractivity contribution in [1.29, 1.82) is 0 Å². The Morgan fingerprint density at radius 3 is 2.90 bits per heavy atom. The molecule has 0 aromatic heterocycles. The Kier molecular flexibility index (Phi) is 4.74. The third-order valence-corrected chi connectivity index (χ3v) is 3.28. The van der Waals surface area contributed by atoms with Gasteiger partial charge in [-0.1, -0.05) is 19.6 Å². The van der Waals surface area contributed by atoms with Gasteiger partial charge in [0.05, 0.1) is 4.92 Å². The maximum atomic E-state index is 11.0. The average molecular weight is 276 g/mol. The number of benzene rings is 1. The van der Waals surface area contributed by atoms with Crippen LogP contribution in [-0.4, -0.2) is 24.1 Å². The summed E-state index contributed by atoms with van der Waals surface area (Å²) in [5.74, 6) is 0.305. The lowest BCUT2D eigenvalue weighted by Gasteiger charge is -2.10. The molecule has 0 amide bonds. The van der Waals surface area contributed by atoms with Gasteiger partial charge in [-0.2, -0.15) is 0 Å². The van der Waals surface area contributed by atoms with Gasteiger partial charge in [0.2, 0.25) is 0 Å². The third kappa shape index (κ3) is 4.06. The molecule has 1 fully saturated rings. The van der Waals surface area contributed by atoms with Crippen LogP contribution in [0, 0.1) is 10.1 Å². The second kappa shape index (κ2) is 6.52. The molecule has 0 bridgehead atoms. The van der Waals surface area contributed by atoms with Crippen LogP contribution in [0.15, 0.2) is 30.4 Å². The summed E-state index contributed by atoms with van der Waals surface area (Å²) in [6.45, 7) is 6.88. The number of nitro benzene ring substituents is 1. The monoisotopic (exact) mass is 276 g/mol. The molecule has 0 heterocycles. The van der Waals surface area contributed by atoms with Gasteiger partial charge in [-0.3, -0.25) is 10.1 Å². The summed E-state index contributed by atoms with van der Waals surface area (Å²) in [6, 6.07) is 5.71. The minimum Gasteiger partial charge on any atom is -0.482 e. The highest BCUT2D eigenvalue weighted by atomic mass is 16.6. The number of aryl methyl sites for hydroxylation is 1. The summed E-state index contributed by atoms with van der Waals surface area (Å²) in [5.41, 5.74) is 1.84. The van der Waals surface area contributed by atoms with E-state index in [1.54, 1.807) is 12.1 Å². The predicted molar refractivity (Wildman–Crippen MR) is 78.1 cm³/mol. The molecule has 1 aromatic carbocycles. The van der Waals surface area contributed by atoms with Crippen molar-refractivity contribution in [2.24, 2.45) is 0 Å². The van der Waals surface area contributed by atoms with Crippen LogP contribution in [0.25, 0.3) is 0 Å². The van der Waals surface area contributed by atoms with Crippen LogP contribution in [0.5, 0.6) is 5.75 Å². The summed E-state index contributed by atoms with van der Waals surface area (Å²) in [5, 5.41) is 14.4. The topological polar surface area (TPSA) is 64.4 Å². The number of hydrogen-bond donors (Lipinski definition) is 1. The molecular formula is C15H20N2O3. The van der Waals surface area contributed by atoms with Crippen molar-refractivity contribution in [3.63, 3.8) is 0 Å². The van der Waals surface area contributed by atoms with Crippen molar-refractivity contribution in [2.75, 3.05) is 13.2 Å². The van der Waals surface area contributed by atoms with Gasteiger partial charge in [0.1, 0.15) is 6.61 Å². The van der Waals surface area contributed by atoms with Crippen LogP contribution in [0.1, 0.15) is 25.3 Å². The zero-order valence-electron chi connectivity index (χ0n) is 11.7. The molecule has 1 aromatic rings. The largest absolute Gasteiger partial charge is 0.482 e. The van der Waals surface area contributed by atoms with E-state index in [-0.39, 0.29) is 5.69 Å². The van der Waals surface area contributed by atoms with Crippen molar-refractivity contribution >= 4 is 5.69 Å². The summed E-state index contributed by atoms with van der Waals surface area (Å²) in [6.07, 6.45) is 3.20. The number of ether oxygens (including phenoxy) is 1. The fraction of sp³-hybridized carbons (Fsp3) is 0.467. The van der Waals surface area contributed by atoms with Crippen molar-refractivity contribution in [2.45, 2.75) is 32.2 Å². The van der Waals surface area contributed by atoms with E-state index in [1.165, 1.54) is 12.8 Å². The van der Waals surface area contributed by atoms with Gasteiger partial charge in [0, 0.05) is 18.7 Å². The lowest BCUT2D eigenvalue weighted by Crippen LogP contribution is -2.21. The van der Waals surface area contributed by atoms with Crippen molar-refractivity contribution in [1.82, 2.24) is 5.32 Å². The average Bonchev–Trinajstić information content (AvgIpc) is 3.26. The molecule has 1 aliphatic carbocycles. The number of hydrogen-bond acceptors (Lipinski definition) is 4. The standard InChI is InChI=1S/C15H20N2O3/c1-3-12-4-7-15(14(8-12)17(18)19)20-10-11(2)9-16-13-5-6-13/h4,7-8,13,16H,2-3,5-6,9-10H2,1H3. The molecule has 0 atom stereocenters. The molecule has 108 valence electrons. The zero-order chi connectivity index (χ0) is 14.5. The van der Waals surface area contributed by atoms with Gasteiger partial charge in [-0.05, 0) is 36.5 Å². The highest BCUT2D eigenvalue weighted by molar-refractivity contribution is 5.48. The summed E-state index contributed by atoms with van der Waals surface area (Å²) >= 11 is 0. The van der Waals surface area contributed by atoms with E-state index < -0.39 is 4.92 Å². The highest BCUT2D eigenvalue weighted by Gasteiger charge is 2.20. The molecule has 1 saturated carbocycles. The Balaban J connectivity index is 1.93. The van der Waals surface area contributed by atoms with Crippen molar-refractivity contribution in [3.05, 3.63) is 46.0 Å². The van der Waals surface area contributed by atoms with Crippen molar-refractivity contribution in [3.8, 4) is 5.75 Å². The molecule has 5 heteroatoms. The molecule has 5 nitrogen and oxygen atoms in total. The Hall–Kier alpha value is -1.88. The molecule has 1 aliphatic rings. The fourth-order valence-corrected chi connectivity index (χ4v) is 1.85. The second-order valence-corrected chi connectivity index (χ2v) is 5.11. The molecule has 2 rings (SSSR count). The number of nitro groups is 1. The Morgan fingerprint density at radius 1 is 1.55 bits per heavy atom. The quantitative estimate of drug-likeness (QED) is 0.450. The molecule has 1 N–H and O–H groups in total. The van der Waals surface area contributed by atoms with E-state index in [1.807, 2.05) is 13.0 Å². The van der Waals surface area contributed by atoms with Gasteiger partial charge in [-0.25, -0.2) is 0 Å². The minimum atomic E-state index is -0.403. The third-order valence-electron chi connectivity index (χ3n) is 3.28. The van der Waals surface area contributed by atoms with Gasteiger partial charge in [0.25, 0.3) is 0 Å². The van der Waals surface area contributed by atoms with Gasteiger partial charge in [0.15, 0.2) is 5.75 Å². The molecular weight excluding hydrogens is 256 g/mol. The van der Waals surface area contributed by atoms with E-state index in [0.29, 0.717) is 24.9 Å². The lowest BCUT2D eigenvalue weighted by atomic mass is 10.1. The Bertz CT molecular complexity index is 510. The second-order valence-electron chi connectivity index (χ2n) is 5.11. The van der Waals surface area contributed by atoms with Crippen LogP contribution in [-0.2, 0) is 6.42 Å². The van der Waals surface area contributed by atoms with E-state index >= 15 is 0 Å². The SMILES string of the molecule is C=C(CNC1CC1)COc1ccc(CC)cc1[N+](=O)[O-]. The van der Waals surface area contributed by atoms with Crippen molar-refractivity contribution < 1.29 is 9.66 Å². The highest BCUT2D eigenvalue weighted by Crippen LogP contribution is 2.28.